The Labute approximate surface area is 94.9 Å². The summed E-state index contributed by atoms with van der Waals surface area (Å²) in [5.41, 5.74) is 7.20. The monoisotopic (exact) mass is 268 g/mol. The van der Waals surface area contributed by atoms with Crippen molar-refractivity contribution in [1.29, 1.82) is 0 Å². The van der Waals surface area contributed by atoms with Crippen molar-refractivity contribution in [3.63, 3.8) is 0 Å². The molecule has 0 aliphatic heterocycles. The summed E-state index contributed by atoms with van der Waals surface area (Å²) in [5, 5.41) is 2.03. The van der Waals surface area contributed by atoms with Crippen LogP contribution in [0, 0.1) is 0 Å². The van der Waals surface area contributed by atoms with E-state index < -0.39 is 0 Å². The molecule has 1 unspecified atom stereocenters. The van der Waals surface area contributed by atoms with E-state index in [1.165, 1.54) is 0 Å². The smallest absolute Gasteiger partial charge is 0.0658 e. The zero-order valence-electron chi connectivity index (χ0n) is 7.35. The van der Waals surface area contributed by atoms with Crippen molar-refractivity contribution >= 4 is 27.3 Å². The van der Waals surface area contributed by atoms with Gasteiger partial charge in [-0.3, -0.25) is 4.98 Å². The summed E-state index contributed by atoms with van der Waals surface area (Å²) in [7, 11) is 0. The van der Waals surface area contributed by atoms with Crippen molar-refractivity contribution < 1.29 is 0 Å². The predicted octanol–water partition coefficient (Wildman–Crippen LogP) is 2.95. The molecule has 2 heterocycles. The van der Waals surface area contributed by atoms with Gasteiger partial charge in [-0.1, -0.05) is 0 Å². The highest BCUT2D eigenvalue weighted by molar-refractivity contribution is 9.10. The molecule has 2 nitrogen and oxygen atoms in total. The van der Waals surface area contributed by atoms with Gasteiger partial charge in [0.2, 0.25) is 0 Å². The third-order valence-electron chi connectivity index (χ3n) is 1.99. The van der Waals surface area contributed by atoms with E-state index in [0.717, 1.165) is 14.9 Å². The van der Waals surface area contributed by atoms with Gasteiger partial charge >= 0.3 is 0 Å². The first kappa shape index (κ1) is 9.83. The zero-order valence-corrected chi connectivity index (χ0v) is 9.75. The van der Waals surface area contributed by atoms with Crippen LogP contribution in [0.2, 0.25) is 0 Å². The number of halogens is 1. The van der Waals surface area contributed by atoms with Gasteiger partial charge in [0.15, 0.2) is 0 Å². The number of hydrogen-bond donors (Lipinski definition) is 1. The molecule has 2 N–H and O–H groups in total. The van der Waals surface area contributed by atoms with Crippen LogP contribution in [0.4, 0.5) is 0 Å². The summed E-state index contributed by atoms with van der Waals surface area (Å²) >= 11 is 5.14. The minimum Gasteiger partial charge on any atom is -0.320 e. The number of pyridine rings is 1. The van der Waals surface area contributed by atoms with Crippen LogP contribution >= 0.6 is 27.3 Å². The Morgan fingerprint density at radius 3 is 2.57 bits per heavy atom. The van der Waals surface area contributed by atoms with E-state index in [1.807, 2.05) is 23.6 Å². The van der Waals surface area contributed by atoms with Crippen molar-refractivity contribution in [3.8, 4) is 0 Å². The van der Waals surface area contributed by atoms with E-state index in [4.69, 9.17) is 5.73 Å². The van der Waals surface area contributed by atoms with Gasteiger partial charge in [-0.2, -0.15) is 0 Å². The van der Waals surface area contributed by atoms with E-state index in [9.17, 15) is 0 Å². The van der Waals surface area contributed by atoms with Crippen molar-refractivity contribution in [2.75, 3.05) is 0 Å². The summed E-state index contributed by atoms with van der Waals surface area (Å²) < 4.78 is 1.08. The van der Waals surface area contributed by atoms with E-state index >= 15 is 0 Å². The Balaban J connectivity index is 2.34. The lowest BCUT2D eigenvalue weighted by atomic mass is 10.1. The third kappa shape index (κ3) is 1.87. The molecule has 0 aromatic carbocycles. The second kappa shape index (κ2) is 4.21. The maximum Gasteiger partial charge on any atom is 0.0658 e. The molecule has 0 saturated heterocycles. The molecule has 0 fully saturated rings. The Bertz CT molecular complexity index is 413. The van der Waals surface area contributed by atoms with Crippen molar-refractivity contribution in [2.45, 2.75) is 6.04 Å². The van der Waals surface area contributed by atoms with Gasteiger partial charge in [0.1, 0.15) is 0 Å². The Kier molecular flexibility index (Phi) is 2.96. The van der Waals surface area contributed by atoms with E-state index in [2.05, 4.69) is 20.9 Å². The van der Waals surface area contributed by atoms with Gasteiger partial charge in [-0.25, -0.2) is 0 Å². The van der Waals surface area contributed by atoms with Gasteiger partial charge in [0.05, 0.1) is 6.04 Å². The highest BCUT2D eigenvalue weighted by Gasteiger charge is 2.12. The molecule has 14 heavy (non-hydrogen) atoms. The Hall–Kier alpha value is -0.710. The lowest BCUT2D eigenvalue weighted by Crippen LogP contribution is -2.10. The highest BCUT2D eigenvalue weighted by Crippen LogP contribution is 2.31. The first-order valence-electron chi connectivity index (χ1n) is 4.17. The van der Waals surface area contributed by atoms with Crippen LogP contribution < -0.4 is 5.73 Å². The quantitative estimate of drug-likeness (QED) is 0.910. The average Bonchev–Trinajstić information content (AvgIpc) is 2.65. The van der Waals surface area contributed by atoms with Gasteiger partial charge in [-0.15, -0.1) is 11.3 Å². The molecular weight excluding hydrogens is 260 g/mol. The standard InChI is InChI=1S/C10H9BrN2S/c11-8-3-6-14-10(8)9(12)7-1-4-13-5-2-7/h1-6,9H,12H2. The first-order valence-corrected chi connectivity index (χ1v) is 5.84. The number of rotatable bonds is 2. The molecule has 0 radical (unpaired) electrons. The van der Waals surface area contributed by atoms with Crippen LogP contribution in [-0.2, 0) is 0 Å². The molecule has 2 rings (SSSR count). The second-order valence-electron chi connectivity index (χ2n) is 2.89. The predicted molar refractivity (Wildman–Crippen MR) is 62.3 cm³/mol. The number of aromatic nitrogens is 1. The molecule has 1 atom stereocenters. The summed E-state index contributed by atoms with van der Waals surface area (Å²) in [6.45, 7) is 0. The lowest BCUT2D eigenvalue weighted by Gasteiger charge is -2.09. The Morgan fingerprint density at radius 1 is 1.29 bits per heavy atom. The van der Waals surface area contributed by atoms with Crippen molar-refractivity contribution in [1.82, 2.24) is 4.98 Å². The minimum absolute atomic E-state index is 0.0626. The maximum atomic E-state index is 6.11. The van der Waals surface area contributed by atoms with Crippen LogP contribution in [0.1, 0.15) is 16.5 Å². The third-order valence-corrected chi connectivity index (χ3v) is 3.95. The fourth-order valence-electron chi connectivity index (χ4n) is 1.25. The van der Waals surface area contributed by atoms with Crippen LogP contribution in [0.3, 0.4) is 0 Å². The van der Waals surface area contributed by atoms with Gasteiger partial charge in [0, 0.05) is 21.7 Å². The highest BCUT2D eigenvalue weighted by atomic mass is 79.9. The van der Waals surface area contributed by atoms with E-state index in [-0.39, 0.29) is 6.04 Å². The van der Waals surface area contributed by atoms with Crippen molar-refractivity contribution in [3.05, 3.63) is 50.9 Å². The van der Waals surface area contributed by atoms with Gasteiger partial charge in [0.25, 0.3) is 0 Å². The number of thiophene rings is 1. The van der Waals surface area contributed by atoms with Crippen LogP contribution in [0.5, 0.6) is 0 Å². The summed E-state index contributed by atoms with van der Waals surface area (Å²) in [6, 6.07) is 5.83. The number of nitrogens with two attached hydrogens (primary N) is 1. The fourth-order valence-corrected chi connectivity index (χ4v) is 2.90. The summed E-state index contributed by atoms with van der Waals surface area (Å²) in [6.07, 6.45) is 3.52. The molecule has 2 aromatic rings. The van der Waals surface area contributed by atoms with Gasteiger partial charge in [-0.05, 0) is 45.1 Å². The molecule has 0 amide bonds. The molecule has 0 saturated carbocycles. The first-order chi connectivity index (χ1) is 6.79. The minimum atomic E-state index is -0.0626. The molecular formula is C10H9BrN2S. The normalized spacial score (nSPS) is 12.7. The molecule has 4 heteroatoms. The summed E-state index contributed by atoms with van der Waals surface area (Å²) in [4.78, 5) is 5.12. The topological polar surface area (TPSA) is 38.9 Å². The van der Waals surface area contributed by atoms with Gasteiger partial charge < -0.3 is 5.73 Å². The molecule has 0 aliphatic rings. The van der Waals surface area contributed by atoms with E-state index in [0.29, 0.717) is 0 Å². The largest absolute Gasteiger partial charge is 0.320 e. The van der Waals surface area contributed by atoms with Crippen LogP contribution in [0.15, 0.2) is 40.4 Å². The zero-order chi connectivity index (χ0) is 9.97. The number of nitrogens with zero attached hydrogens (tertiary/aromatic N) is 1. The SMILES string of the molecule is NC(c1ccncc1)c1sccc1Br. The fraction of sp³-hybridized carbons (Fsp3) is 0.100. The maximum absolute atomic E-state index is 6.11. The van der Waals surface area contributed by atoms with E-state index in [1.54, 1.807) is 23.7 Å². The average molecular weight is 269 g/mol. The summed E-state index contributed by atoms with van der Waals surface area (Å²) in [5.74, 6) is 0. The molecule has 0 spiro atoms. The Morgan fingerprint density at radius 2 is 2.00 bits per heavy atom. The molecule has 72 valence electrons. The van der Waals surface area contributed by atoms with Crippen LogP contribution in [0.25, 0.3) is 0 Å². The molecule has 0 aliphatic carbocycles. The van der Waals surface area contributed by atoms with Crippen molar-refractivity contribution in [2.24, 2.45) is 5.73 Å². The molecule has 2 aromatic heterocycles. The number of hydrogen-bond acceptors (Lipinski definition) is 3. The van der Waals surface area contributed by atoms with Crippen LogP contribution in [-0.4, -0.2) is 4.98 Å². The lowest BCUT2D eigenvalue weighted by molar-refractivity contribution is 0.885. The second-order valence-corrected chi connectivity index (χ2v) is 4.69. The molecule has 0 bridgehead atoms.